The summed E-state index contributed by atoms with van der Waals surface area (Å²) in [5.74, 6) is 0.125. The quantitative estimate of drug-likeness (QED) is 0.773. The smallest absolute Gasteiger partial charge is 0.254 e. The van der Waals surface area contributed by atoms with Crippen molar-refractivity contribution in [1.29, 1.82) is 0 Å². The number of rotatable bonds is 5. The Bertz CT molecular complexity index is 614. The first-order chi connectivity index (χ1) is 10.7. The number of fused-ring (bicyclic) bond motifs is 1. The average molecular weight is 297 g/mol. The van der Waals surface area contributed by atoms with Crippen LogP contribution >= 0.6 is 0 Å². The average Bonchev–Trinajstić information content (AvgIpc) is 3.01. The Labute approximate surface area is 132 Å². The number of benzene rings is 1. The minimum atomic E-state index is -0.168. The molecule has 0 aromatic heterocycles. The molecular formula is C19H23NO2. The number of carbonyl (C=O) groups excluding carboxylic acids is 2. The molecule has 2 aliphatic rings. The molecule has 0 saturated heterocycles. The lowest BCUT2D eigenvalue weighted by atomic mass is 9.95. The third kappa shape index (κ3) is 2.49. The lowest BCUT2D eigenvalue weighted by Gasteiger charge is -2.23. The first kappa shape index (κ1) is 15.0. The summed E-state index contributed by atoms with van der Waals surface area (Å²) in [5.41, 5.74) is 3.82. The van der Waals surface area contributed by atoms with Crippen molar-refractivity contribution < 1.29 is 9.59 Å². The molecule has 1 aliphatic carbocycles. The van der Waals surface area contributed by atoms with E-state index in [1.807, 2.05) is 0 Å². The maximum atomic E-state index is 12.1. The number of hydrogen-bond acceptors (Lipinski definition) is 2. The fraction of sp³-hybridized carbons (Fsp3) is 0.474. The zero-order valence-electron chi connectivity index (χ0n) is 13.3. The predicted molar refractivity (Wildman–Crippen MR) is 86.4 cm³/mol. The maximum Gasteiger partial charge on any atom is 0.254 e. The molecular weight excluding hydrogens is 274 g/mol. The van der Waals surface area contributed by atoms with E-state index in [-0.39, 0.29) is 17.9 Å². The first-order valence-electron chi connectivity index (χ1n) is 8.33. The van der Waals surface area contributed by atoms with E-state index in [1.165, 1.54) is 33.7 Å². The molecule has 0 fully saturated rings. The molecule has 1 aliphatic heterocycles. The van der Waals surface area contributed by atoms with Crippen molar-refractivity contribution in [3.8, 4) is 0 Å². The van der Waals surface area contributed by atoms with Crippen LogP contribution in [-0.4, -0.2) is 16.7 Å². The van der Waals surface area contributed by atoms with Gasteiger partial charge in [-0.1, -0.05) is 44.9 Å². The molecule has 0 unspecified atom stereocenters. The second kappa shape index (κ2) is 6.07. The first-order valence-corrected chi connectivity index (χ1v) is 8.33. The number of amides is 2. The van der Waals surface area contributed by atoms with Gasteiger partial charge in [0.25, 0.3) is 11.8 Å². The zero-order valence-corrected chi connectivity index (χ0v) is 13.3. The Kier molecular flexibility index (Phi) is 4.14. The van der Waals surface area contributed by atoms with Crippen LogP contribution < -0.4 is 0 Å². The normalized spacial score (nSPS) is 23.5. The van der Waals surface area contributed by atoms with Crippen molar-refractivity contribution in [2.45, 2.75) is 57.9 Å². The molecule has 2 amide bonds. The summed E-state index contributed by atoms with van der Waals surface area (Å²) >= 11 is 0. The molecule has 116 valence electrons. The van der Waals surface area contributed by atoms with E-state index in [0.717, 1.165) is 32.1 Å². The van der Waals surface area contributed by atoms with Gasteiger partial charge in [0.05, 0.1) is 6.04 Å². The van der Waals surface area contributed by atoms with Gasteiger partial charge < -0.3 is 0 Å². The molecule has 0 spiro atoms. The van der Waals surface area contributed by atoms with E-state index < -0.39 is 0 Å². The molecule has 3 rings (SSSR count). The lowest BCUT2D eigenvalue weighted by molar-refractivity contribution is -0.139. The molecule has 2 atom stereocenters. The standard InChI is InChI=1S/C19H23NO2/c1-3-5-13-7-8-15-14(6-4-2)12-17(16(15)11-13)20-18(21)9-10-19(20)22/h7-11,14,17H,3-6,12H2,1-2H3/t14-,17-/m0/s1. The molecule has 1 aromatic rings. The highest BCUT2D eigenvalue weighted by Crippen LogP contribution is 2.46. The van der Waals surface area contributed by atoms with Crippen LogP contribution in [0.15, 0.2) is 30.4 Å². The summed E-state index contributed by atoms with van der Waals surface area (Å²) < 4.78 is 0. The van der Waals surface area contributed by atoms with Crippen LogP contribution in [0.5, 0.6) is 0 Å². The SMILES string of the molecule is CCCc1ccc2c(c1)[C@@H](N1C(=O)C=CC1=O)C[C@@H]2CCC. The van der Waals surface area contributed by atoms with Crippen molar-refractivity contribution in [1.82, 2.24) is 4.90 Å². The highest BCUT2D eigenvalue weighted by molar-refractivity contribution is 6.13. The van der Waals surface area contributed by atoms with Crippen LogP contribution in [-0.2, 0) is 16.0 Å². The largest absolute Gasteiger partial charge is 0.269 e. The van der Waals surface area contributed by atoms with E-state index in [1.54, 1.807) is 0 Å². The van der Waals surface area contributed by atoms with Crippen LogP contribution in [0.25, 0.3) is 0 Å². The molecule has 1 heterocycles. The number of aryl methyl sites for hydroxylation is 1. The maximum absolute atomic E-state index is 12.1. The summed E-state index contributed by atoms with van der Waals surface area (Å²) in [5, 5.41) is 0. The molecule has 1 aromatic carbocycles. The van der Waals surface area contributed by atoms with Crippen molar-refractivity contribution in [3.05, 3.63) is 47.0 Å². The summed E-state index contributed by atoms with van der Waals surface area (Å²) in [4.78, 5) is 25.6. The van der Waals surface area contributed by atoms with Crippen molar-refractivity contribution >= 4 is 11.8 Å². The van der Waals surface area contributed by atoms with Gasteiger partial charge in [0, 0.05) is 12.2 Å². The monoisotopic (exact) mass is 297 g/mol. The topological polar surface area (TPSA) is 37.4 Å². The zero-order chi connectivity index (χ0) is 15.7. The summed E-state index contributed by atoms with van der Waals surface area (Å²) in [7, 11) is 0. The van der Waals surface area contributed by atoms with Gasteiger partial charge in [-0.3, -0.25) is 14.5 Å². The lowest BCUT2D eigenvalue weighted by Crippen LogP contribution is -2.33. The minimum Gasteiger partial charge on any atom is -0.269 e. The fourth-order valence-electron chi connectivity index (χ4n) is 3.84. The minimum absolute atomic E-state index is 0.0849. The molecule has 0 radical (unpaired) electrons. The fourth-order valence-corrected chi connectivity index (χ4v) is 3.84. The Morgan fingerprint density at radius 3 is 2.41 bits per heavy atom. The number of imide groups is 1. The third-order valence-electron chi connectivity index (χ3n) is 4.79. The van der Waals surface area contributed by atoms with E-state index in [2.05, 4.69) is 32.0 Å². The summed E-state index contributed by atoms with van der Waals surface area (Å²) in [6.45, 7) is 4.36. The van der Waals surface area contributed by atoms with Gasteiger partial charge in [-0.05, 0) is 41.9 Å². The molecule has 0 saturated carbocycles. The van der Waals surface area contributed by atoms with Gasteiger partial charge in [0.15, 0.2) is 0 Å². The van der Waals surface area contributed by atoms with E-state index in [0.29, 0.717) is 5.92 Å². The third-order valence-corrected chi connectivity index (χ3v) is 4.79. The Morgan fingerprint density at radius 1 is 1.05 bits per heavy atom. The van der Waals surface area contributed by atoms with Gasteiger partial charge in [-0.2, -0.15) is 0 Å². The van der Waals surface area contributed by atoms with Gasteiger partial charge in [-0.25, -0.2) is 0 Å². The van der Waals surface area contributed by atoms with Gasteiger partial charge >= 0.3 is 0 Å². The van der Waals surface area contributed by atoms with E-state index in [4.69, 9.17) is 0 Å². The van der Waals surface area contributed by atoms with Gasteiger partial charge in [-0.15, -0.1) is 0 Å². The van der Waals surface area contributed by atoms with Crippen molar-refractivity contribution in [2.75, 3.05) is 0 Å². The summed E-state index contributed by atoms with van der Waals surface area (Å²) in [6, 6.07) is 6.56. The number of hydrogen-bond donors (Lipinski definition) is 0. The van der Waals surface area contributed by atoms with Crippen LogP contribution in [0.2, 0.25) is 0 Å². The molecule has 3 heteroatoms. The molecule has 0 N–H and O–H groups in total. The van der Waals surface area contributed by atoms with Crippen LogP contribution in [0, 0.1) is 0 Å². The predicted octanol–water partition coefficient (Wildman–Crippen LogP) is 3.89. The van der Waals surface area contributed by atoms with E-state index in [9.17, 15) is 9.59 Å². The second-order valence-electron chi connectivity index (χ2n) is 6.33. The highest BCUT2D eigenvalue weighted by Gasteiger charge is 2.39. The van der Waals surface area contributed by atoms with Crippen molar-refractivity contribution in [2.24, 2.45) is 0 Å². The Balaban J connectivity index is 1.98. The second-order valence-corrected chi connectivity index (χ2v) is 6.33. The Morgan fingerprint density at radius 2 is 1.77 bits per heavy atom. The molecule has 22 heavy (non-hydrogen) atoms. The Hall–Kier alpha value is -1.90. The van der Waals surface area contributed by atoms with Crippen LogP contribution in [0.4, 0.5) is 0 Å². The van der Waals surface area contributed by atoms with Gasteiger partial charge in [0.1, 0.15) is 0 Å². The molecule has 0 bridgehead atoms. The van der Waals surface area contributed by atoms with Crippen LogP contribution in [0.3, 0.4) is 0 Å². The number of nitrogens with zero attached hydrogens (tertiary/aromatic N) is 1. The highest BCUT2D eigenvalue weighted by atomic mass is 16.2. The van der Waals surface area contributed by atoms with Gasteiger partial charge in [0.2, 0.25) is 0 Å². The summed E-state index contributed by atoms with van der Waals surface area (Å²) in [6.07, 6.45) is 8.03. The van der Waals surface area contributed by atoms with E-state index >= 15 is 0 Å². The van der Waals surface area contributed by atoms with Crippen LogP contribution in [0.1, 0.15) is 68.2 Å². The molecule has 3 nitrogen and oxygen atoms in total. The van der Waals surface area contributed by atoms with Crippen molar-refractivity contribution in [3.63, 3.8) is 0 Å². The number of carbonyl (C=O) groups is 2.